The van der Waals surface area contributed by atoms with E-state index in [1.54, 1.807) is 13.8 Å². The Labute approximate surface area is 88.5 Å². The van der Waals surface area contributed by atoms with Crippen LogP contribution in [0.2, 0.25) is 0 Å². The highest BCUT2D eigenvalue weighted by atomic mass is 16.5. The summed E-state index contributed by atoms with van der Waals surface area (Å²) in [6, 6.07) is 1.82. The molecule has 0 unspecified atom stereocenters. The van der Waals surface area contributed by atoms with E-state index in [2.05, 4.69) is 10.5 Å². The third-order valence-corrected chi connectivity index (χ3v) is 2.12. The van der Waals surface area contributed by atoms with Crippen LogP contribution < -0.4 is 5.32 Å². The molecule has 0 aliphatic heterocycles. The van der Waals surface area contributed by atoms with Gasteiger partial charge in [-0.05, 0) is 20.8 Å². The standard InChI is InChI=1S/C10H16N2O3/c1-7-4-8(15-12-7)5-11-6-10(2,3)9(13)14/h4,11H,5-6H2,1-3H3,(H,13,14). The fourth-order valence-corrected chi connectivity index (χ4v) is 1.07. The van der Waals surface area contributed by atoms with E-state index in [9.17, 15) is 4.79 Å². The van der Waals surface area contributed by atoms with E-state index in [0.717, 1.165) is 5.69 Å². The highest BCUT2D eigenvalue weighted by Crippen LogP contribution is 2.13. The molecule has 1 rings (SSSR count). The molecule has 0 radical (unpaired) electrons. The monoisotopic (exact) mass is 212 g/mol. The van der Waals surface area contributed by atoms with Crippen LogP contribution in [0.4, 0.5) is 0 Å². The van der Waals surface area contributed by atoms with Crippen molar-refractivity contribution < 1.29 is 14.4 Å². The maximum Gasteiger partial charge on any atom is 0.310 e. The summed E-state index contributed by atoms with van der Waals surface area (Å²) in [7, 11) is 0. The van der Waals surface area contributed by atoms with Crippen LogP contribution in [0, 0.1) is 12.3 Å². The summed E-state index contributed by atoms with van der Waals surface area (Å²) in [5.74, 6) is -0.0996. The zero-order chi connectivity index (χ0) is 11.5. The van der Waals surface area contributed by atoms with Gasteiger partial charge in [0, 0.05) is 12.6 Å². The van der Waals surface area contributed by atoms with Gasteiger partial charge in [0.1, 0.15) is 0 Å². The van der Waals surface area contributed by atoms with Gasteiger partial charge < -0.3 is 14.9 Å². The molecule has 0 atom stereocenters. The van der Waals surface area contributed by atoms with Crippen molar-refractivity contribution in [2.75, 3.05) is 6.54 Å². The summed E-state index contributed by atoms with van der Waals surface area (Å²) in [4.78, 5) is 10.8. The van der Waals surface area contributed by atoms with Gasteiger partial charge in [0.05, 0.1) is 17.7 Å². The fourth-order valence-electron chi connectivity index (χ4n) is 1.07. The van der Waals surface area contributed by atoms with Gasteiger partial charge in [0.2, 0.25) is 0 Å². The molecule has 0 saturated carbocycles. The molecule has 0 fully saturated rings. The molecule has 5 heteroatoms. The topological polar surface area (TPSA) is 75.4 Å². The van der Waals surface area contributed by atoms with Gasteiger partial charge in [-0.15, -0.1) is 0 Å². The van der Waals surface area contributed by atoms with Gasteiger partial charge in [-0.1, -0.05) is 5.16 Å². The number of carboxylic acid groups (broad SMARTS) is 1. The second kappa shape index (κ2) is 4.44. The first kappa shape index (κ1) is 11.7. The lowest BCUT2D eigenvalue weighted by Crippen LogP contribution is -2.35. The van der Waals surface area contributed by atoms with Gasteiger partial charge >= 0.3 is 5.97 Å². The number of hydrogen-bond acceptors (Lipinski definition) is 4. The summed E-state index contributed by atoms with van der Waals surface area (Å²) in [6.45, 7) is 6.08. The van der Waals surface area contributed by atoms with Crippen molar-refractivity contribution in [2.45, 2.75) is 27.3 Å². The number of nitrogens with zero attached hydrogens (tertiary/aromatic N) is 1. The van der Waals surface area contributed by atoms with Crippen molar-refractivity contribution in [1.29, 1.82) is 0 Å². The molecule has 2 N–H and O–H groups in total. The third-order valence-electron chi connectivity index (χ3n) is 2.12. The van der Waals surface area contributed by atoms with Gasteiger partial charge in [0.25, 0.3) is 0 Å². The molecule has 0 spiro atoms. The summed E-state index contributed by atoms with van der Waals surface area (Å²) in [5, 5.41) is 15.6. The number of aryl methyl sites for hydroxylation is 1. The van der Waals surface area contributed by atoms with Crippen molar-refractivity contribution in [3.05, 3.63) is 17.5 Å². The van der Waals surface area contributed by atoms with E-state index in [1.807, 2.05) is 13.0 Å². The van der Waals surface area contributed by atoms with Crippen LogP contribution in [0.25, 0.3) is 0 Å². The molecule has 0 bridgehead atoms. The molecule has 1 aromatic rings. The van der Waals surface area contributed by atoms with E-state index < -0.39 is 11.4 Å². The predicted molar refractivity (Wildman–Crippen MR) is 54.4 cm³/mol. The predicted octanol–water partition coefficient (Wildman–Crippen LogP) is 1.18. The van der Waals surface area contributed by atoms with Crippen LogP contribution in [0.1, 0.15) is 25.3 Å². The van der Waals surface area contributed by atoms with Crippen LogP contribution in [-0.4, -0.2) is 22.8 Å². The lowest BCUT2D eigenvalue weighted by atomic mass is 9.94. The Kier molecular flexibility index (Phi) is 3.47. The van der Waals surface area contributed by atoms with Crippen molar-refractivity contribution in [3.8, 4) is 0 Å². The fraction of sp³-hybridized carbons (Fsp3) is 0.600. The van der Waals surface area contributed by atoms with Gasteiger partial charge in [0.15, 0.2) is 5.76 Å². The molecule has 0 aromatic carbocycles. The number of carboxylic acids is 1. The maximum atomic E-state index is 10.8. The van der Waals surface area contributed by atoms with Crippen LogP contribution in [-0.2, 0) is 11.3 Å². The number of aliphatic carboxylic acids is 1. The Morgan fingerprint density at radius 2 is 2.33 bits per heavy atom. The Morgan fingerprint density at radius 1 is 1.67 bits per heavy atom. The first-order valence-corrected chi connectivity index (χ1v) is 4.78. The molecule has 5 nitrogen and oxygen atoms in total. The van der Waals surface area contributed by atoms with Gasteiger partial charge in [-0.25, -0.2) is 0 Å². The van der Waals surface area contributed by atoms with Crippen molar-refractivity contribution >= 4 is 5.97 Å². The summed E-state index contributed by atoms with van der Waals surface area (Å²) in [5.41, 5.74) is 0.0546. The first-order chi connectivity index (χ1) is 6.92. The summed E-state index contributed by atoms with van der Waals surface area (Å²) < 4.78 is 4.98. The second-order valence-corrected chi connectivity index (χ2v) is 4.23. The summed E-state index contributed by atoms with van der Waals surface area (Å²) in [6.07, 6.45) is 0. The molecule has 84 valence electrons. The first-order valence-electron chi connectivity index (χ1n) is 4.78. The minimum absolute atomic E-state index is 0.391. The molecular formula is C10H16N2O3. The number of carbonyl (C=O) groups is 1. The number of rotatable bonds is 5. The van der Waals surface area contributed by atoms with E-state index in [1.165, 1.54) is 0 Å². The van der Waals surface area contributed by atoms with E-state index in [0.29, 0.717) is 18.8 Å². The zero-order valence-corrected chi connectivity index (χ0v) is 9.20. The Hall–Kier alpha value is -1.36. The van der Waals surface area contributed by atoms with E-state index in [-0.39, 0.29) is 0 Å². The zero-order valence-electron chi connectivity index (χ0n) is 9.20. The highest BCUT2D eigenvalue weighted by molar-refractivity contribution is 5.73. The number of aromatic nitrogens is 1. The minimum Gasteiger partial charge on any atom is -0.481 e. The quantitative estimate of drug-likeness (QED) is 0.766. The summed E-state index contributed by atoms with van der Waals surface area (Å²) >= 11 is 0. The van der Waals surface area contributed by atoms with Gasteiger partial charge in [-0.2, -0.15) is 0 Å². The van der Waals surface area contributed by atoms with Crippen molar-refractivity contribution in [3.63, 3.8) is 0 Å². The van der Waals surface area contributed by atoms with Crippen LogP contribution in [0.5, 0.6) is 0 Å². The normalized spacial score (nSPS) is 11.7. The lowest BCUT2D eigenvalue weighted by molar-refractivity contribution is -0.146. The van der Waals surface area contributed by atoms with E-state index >= 15 is 0 Å². The molecule has 1 aromatic heterocycles. The molecule has 0 saturated heterocycles. The average Bonchev–Trinajstić information content (AvgIpc) is 2.51. The minimum atomic E-state index is -0.816. The molecule has 0 amide bonds. The van der Waals surface area contributed by atoms with Crippen molar-refractivity contribution in [1.82, 2.24) is 10.5 Å². The van der Waals surface area contributed by atoms with Gasteiger partial charge in [-0.3, -0.25) is 4.79 Å². The Morgan fingerprint density at radius 3 is 2.80 bits per heavy atom. The molecule has 0 aliphatic rings. The van der Waals surface area contributed by atoms with E-state index in [4.69, 9.17) is 9.63 Å². The van der Waals surface area contributed by atoms with Crippen molar-refractivity contribution in [2.24, 2.45) is 5.41 Å². The third kappa shape index (κ3) is 3.36. The SMILES string of the molecule is Cc1cc(CNCC(C)(C)C(=O)O)on1. The van der Waals surface area contributed by atoms with Crippen LogP contribution in [0.15, 0.2) is 10.6 Å². The number of nitrogens with one attached hydrogen (secondary N) is 1. The maximum absolute atomic E-state index is 10.8. The molecule has 1 heterocycles. The smallest absolute Gasteiger partial charge is 0.310 e. The average molecular weight is 212 g/mol. The second-order valence-electron chi connectivity index (χ2n) is 4.23. The number of hydrogen-bond donors (Lipinski definition) is 2. The lowest BCUT2D eigenvalue weighted by Gasteiger charge is -2.18. The van der Waals surface area contributed by atoms with Crippen LogP contribution >= 0.6 is 0 Å². The largest absolute Gasteiger partial charge is 0.481 e. The molecule has 15 heavy (non-hydrogen) atoms. The Balaban J connectivity index is 2.36. The highest BCUT2D eigenvalue weighted by Gasteiger charge is 2.26. The Bertz CT molecular complexity index is 344. The van der Waals surface area contributed by atoms with Crippen LogP contribution in [0.3, 0.4) is 0 Å². The molecule has 0 aliphatic carbocycles. The molecular weight excluding hydrogens is 196 g/mol.